The summed E-state index contributed by atoms with van der Waals surface area (Å²) in [5.74, 6) is 0. The van der Waals surface area contributed by atoms with E-state index < -0.39 is 0 Å². The van der Waals surface area contributed by atoms with Crippen LogP contribution in [0, 0.1) is 0 Å². The fourth-order valence-electron chi connectivity index (χ4n) is 0.844. The van der Waals surface area contributed by atoms with E-state index in [0.717, 1.165) is 25.8 Å². The molecule has 0 aromatic carbocycles. The van der Waals surface area contributed by atoms with Crippen LogP contribution in [-0.2, 0) is 0 Å². The largest absolute Gasteiger partial charge is 0.294 e. The van der Waals surface area contributed by atoms with Gasteiger partial charge in [-0.1, -0.05) is 26.0 Å². The molecular formula is C10H19N. The molecular weight excluding hydrogens is 134 g/mol. The quantitative estimate of drug-likeness (QED) is 0.425. The van der Waals surface area contributed by atoms with Gasteiger partial charge in [0.15, 0.2) is 0 Å². The van der Waals surface area contributed by atoms with Crippen LogP contribution in [0.3, 0.4) is 0 Å². The molecule has 64 valence electrons. The highest BCUT2D eigenvalue weighted by Crippen LogP contribution is 1.95. The van der Waals surface area contributed by atoms with Crippen LogP contribution in [-0.4, -0.2) is 12.3 Å². The molecule has 0 aliphatic rings. The number of hydrogen-bond acceptors (Lipinski definition) is 1. The molecule has 0 heterocycles. The molecule has 1 nitrogen and oxygen atoms in total. The SMILES string of the molecule is CC=CCC(CC)=NCCC. The molecule has 0 aromatic heterocycles. The Morgan fingerprint density at radius 1 is 1.36 bits per heavy atom. The molecule has 0 saturated heterocycles. The molecule has 0 unspecified atom stereocenters. The van der Waals surface area contributed by atoms with Gasteiger partial charge >= 0.3 is 0 Å². The molecule has 0 amide bonds. The highest BCUT2D eigenvalue weighted by Gasteiger charge is 1.90. The number of nitrogens with zero attached hydrogens (tertiary/aromatic N) is 1. The fraction of sp³-hybridized carbons (Fsp3) is 0.700. The third-order valence-corrected chi connectivity index (χ3v) is 1.56. The third kappa shape index (κ3) is 5.84. The second-order valence-electron chi connectivity index (χ2n) is 2.57. The monoisotopic (exact) mass is 153 g/mol. The van der Waals surface area contributed by atoms with Crippen LogP contribution in [0.25, 0.3) is 0 Å². The molecule has 0 spiro atoms. The van der Waals surface area contributed by atoms with Crippen LogP contribution in [0.1, 0.15) is 40.0 Å². The molecule has 0 atom stereocenters. The van der Waals surface area contributed by atoms with Crippen LogP contribution < -0.4 is 0 Å². The fourth-order valence-corrected chi connectivity index (χ4v) is 0.844. The topological polar surface area (TPSA) is 12.4 Å². The highest BCUT2D eigenvalue weighted by atomic mass is 14.7. The number of rotatable bonds is 5. The summed E-state index contributed by atoms with van der Waals surface area (Å²) in [4.78, 5) is 4.46. The van der Waals surface area contributed by atoms with E-state index in [0.29, 0.717) is 0 Å². The van der Waals surface area contributed by atoms with Crippen molar-refractivity contribution in [2.45, 2.75) is 40.0 Å². The van der Waals surface area contributed by atoms with Crippen molar-refractivity contribution >= 4 is 5.71 Å². The predicted octanol–water partition coefficient (Wildman–Crippen LogP) is 3.21. The summed E-state index contributed by atoms with van der Waals surface area (Å²) in [5, 5.41) is 0. The molecule has 11 heavy (non-hydrogen) atoms. The third-order valence-electron chi connectivity index (χ3n) is 1.56. The second kappa shape index (κ2) is 7.52. The first-order chi connectivity index (χ1) is 5.35. The zero-order valence-corrected chi connectivity index (χ0v) is 7.93. The van der Waals surface area contributed by atoms with Crippen molar-refractivity contribution in [1.29, 1.82) is 0 Å². The first kappa shape index (κ1) is 10.4. The Balaban J connectivity index is 3.73. The van der Waals surface area contributed by atoms with Gasteiger partial charge in [-0.3, -0.25) is 4.99 Å². The zero-order chi connectivity index (χ0) is 8.53. The van der Waals surface area contributed by atoms with Crippen molar-refractivity contribution < 1.29 is 0 Å². The van der Waals surface area contributed by atoms with E-state index in [1.165, 1.54) is 5.71 Å². The van der Waals surface area contributed by atoms with Crippen LogP contribution >= 0.6 is 0 Å². The van der Waals surface area contributed by atoms with Gasteiger partial charge in [-0.25, -0.2) is 0 Å². The Hall–Kier alpha value is -0.590. The molecule has 0 saturated carbocycles. The summed E-state index contributed by atoms with van der Waals surface area (Å²) >= 11 is 0. The van der Waals surface area contributed by atoms with Crippen LogP contribution in [0.5, 0.6) is 0 Å². The minimum atomic E-state index is 0.987. The van der Waals surface area contributed by atoms with E-state index in [-0.39, 0.29) is 0 Å². The first-order valence-corrected chi connectivity index (χ1v) is 4.48. The lowest BCUT2D eigenvalue weighted by Crippen LogP contribution is -1.95. The molecule has 0 aliphatic carbocycles. The van der Waals surface area contributed by atoms with E-state index >= 15 is 0 Å². The minimum absolute atomic E-state index is 0.987. The molecule has 1 heteroatoms. The summed E-state index contributed by atoms with van der Waals surface area (Å²) in [5.41, 5.74) is 1.32. The summed E-state index contributed by atoms with van der Waals surface area (Å²) in [6, 6.07) is 0. The van der Waals surface area contributed by atoms with Gasteiger partial charge in [0.25, 0.3) is 0 Å². The maximum Gasteiger partial charge on any atom is 0.0386 e. The minimum Gasteiger partial charge on any atom is -0.294 e. The zero-order valence-electron chi connectivity index (χ0n) is 7.93. The Morgan fingerprint density at radius 3 is 2.55 bits per heavy atom. The van der Waals surface area contributed by atoms with Gasteiger partial charge in [0.2, 0.25) is 0 Å². The van der Waals surface area contributed by atoms with Crippen molar-refractivity contribution in [3.05, 3.63) is 12.2 Å². The highest BCUT2D eigenvalue weighted by molar-refractivity contribution is 5.85. The molecule has 0 radical (unpaired) electrons. The summed E-state index contributed by atoms with van der Waals surface area (Å²) in [7, 11) is 0. The van der Waals surface area contributed by atoms with Crippen molar-refractivity contribution in [2.75, 3.05) is 6.54 Å². The summed E-state index contributed by atoms with van der Waals surface area (Å²) in [6.07, 6.45) is 7.52. The normalized spacial score (nSPS) is 12.8. The van der Waals surface area contributed by atoms with Crippen LogP contribution in [0.15, 0.2) is 17.1 Å². The predicted molar refractivity (Wildman–Crippen MR) is 52.3 cm³/mol. The molecule has 0 bridgehead atoms. The average molecular weight is 153 g/mol. The van der Waals surface area contributed by atoms with Crippen molar-refractivity contribution in [3.63, 3.8) is 0 Å². The van der Waals surface area contributed by atoms with Gasteiger partial charge in [-0.05, 0) is 19.8 Å². The Morgan fingerprint density at radius 2 is 2.09 bits per heavy atom. The average Bonchev–Trinajstić information content (AvgIpc) is 2.05. The number of allylic oxidation sites excluding steroid dienone is 2. The maximum atomic E-state index is 4.46. The maximum absolute atomic E-state index is 4.46. The smallest absolute Gasteiger partial charge is 0.0386 e. The Kier molecular flexibility index (Phi) is 7.11. The van der Waals surface area contributed by atoms with Gasteiger partial charge in [-0.15, -0.1) is 0 Å². The van der Waals surface area contributed by atoms with E-state index in [1.807, 2.05) is 6.92 Å². The molecule has 0 N–H and O–H groups in total. The number of aliphatic imine (C=N–C) groups is 1. The number of hydrogen-bond donors (Lipinski definition) is 0. The van der Waals surface area contributed by atoms with Gasteiger partial charge in [0.1, 0.15) is 0 Å². The van der Waals surface area contributed by atoms with Gasteiger partial charge in [0.05, 0.1) is 0 Å². The van der Waals surface area contributed by atoms with Crippen molar-refractivity contribution in [3.8, 4) is 0 Å². The lowest BCUT2D eigenvalue weighted by Gasteiger charge is -1.98. The summed E-state index contributed by atoms with van der Waals surface area (Å²) in [6.45, 7) is 7.36. The lowest BCUT2D eigenvalue weighted by atomic mass is 10.2. The Labute approximate surface area is 70.2 Å². The van der Waals surface area contributed by atoms with E-state index in [4.69, 9.17) is 0 Å². The lowest BCUT2D eigenvalue weighted by molar-refractivity contribution is 0.920. The molecule has 0 aliphatic heterocycles. The van der Waals surface area contributed by atoms with E-state index in [9.17, 15) is 0 Å². The summed E-state index contributed by atoms with van der Waals surface area (Å²) < 4.78 is 0. The van der Waals surface area contributed by atoms with E-state index in [2.05, 4.69) is 31.0 Å². The van der Waals surface area contributed by atoms with Crippen molar-refractivity contribution in [1.82, 2.24) is 0 Å². The standard InChI is InChI=1S/C10H19N/c1-4-7-8-10(6-3)11-9-5-2/h4,7H,5-6,8-9H2,1-3H3. The van der Waals surface area contributed by atoms with Gasteiger partial charge < -0.3 is 0 Å². The van der Waals surface area contributed by atoms with Crippen LogP contribution in [0.2, 0.25) is 0 Å². The first-order valence-electron chi connectivity index (χ1n) is 4.48. The van der Waals surface area contributed by atoms with Crippen LogP contribution in [0.4, 0.5) is 0 Å². The second-order valence-corrected chi connectivity index (χ2v) is 2.57. The van der Waals surface area contributed by atoms with Gasteiger partial charge in [0, 0.05) is 18.7 Å². The van der Waals surface area contributed by atoms with E-state index in [1.54, 1.807) is 0 Å². The molecule has 0 aromatic rings. The van der Waals surface area contributed by atoms with Gasteiger partial charge in [-0.2, -0.15) is 0 Å². The molecule has 0 fully saturated rings. The molecule has 0 rings (SSSR count). The Bertz CT molecular complexity index is 134. The van der Waals surface area contributed by atoms with Crippen molar-refractivity contribution in [2.24, 2.45) is 4.99 Å².